The van der Waals surface area contributed by atoms with Crippen molar-refractivity contribution in [3.05, 3.63) is 52.7 Å². The topological polar surface area (TPSA) is 34.1 Å². The van der Waals surface area contributed by atoms with Gasteiger partial charge < -0.3 is 10.1 Å². The molecule has 0 aliphatic rings. The van der Waals surface area contributed by atoms with Crippen molar-refractivity contribution >= 4 is 11.6 Å². The van der Waals surface area contributed by atoms with E-state index < -0.39 is 0 Å². The van der Waals surface area contributed by atoms with Crippen molar-refractivity contribution in [3.8, 4) is 11.6 Å². The van der Waals surface area contributed by atoms with Gasteiger partial charge in [0.15, 0.2) is 0 Å². The highest BCUT2D eigenvalue weighted by molar-refractivity contribution is 6.31. The Labute approximate surface area is 131 Å². The molecule has 0 bridgehead atoms. The van der Waals surface area contributed by atoms with Crippen molar-refractivity contribution in [2.75, 3.05) is 6.54 Å². The number of halogens is 1. The van der Waals surface area contributed by atoms with Gasteiger partial charge in [-0.15, -0.1) is 0 Å². The number of nitrogens with zero attached hydrogens (tertiary/aromatic N) is 1. The maximum absolute atomic E-state index is 6.16. The van der Waals surface area contributed by atoms with E-state index in [1.165, 1.54) is 5.56 Å². The van der Waals surface area contributed by atoms with Crippen LogP contribution in [0.25, 0.3) is 0 Å². The Morgan fingerprint density at radius 2 is 1.95 bits per heavy atom. The largest absolute Gasteiger partial charge is 0.439 e. The zero-order valence-electron chi connectivity index (χ0n) is 12.5. The lowest BCUT2D eigenvalue weighted by Crippen LogP contribution is -2.14. The van der Waals surface area contributed by atoms with Crippen LogP contribution in [0.4, 0.5) is 0 Å². The molecule has 1 aromatic carbocycles. The van der Waals surface area contributed by atoms with Crippen LogP contribution in [-0.2, 0) is 13.0 Å². The van der Waals surface area contributed by atoms with Gasteiger partial charge in [0.1, 0.15) is 5.75 Å². The van der Waals surface area contributed by atoms with E-state index in [0.717, 1.165) is 37.2 Å². The summed E-state index contributed by atoms with van der Waals surface area (Å²) in [7, 11) is 0. The number of rotatable bonds is 7. The highest BCUT2D eigenvalue weighted by atomic mass is 35.5. The molecule has 2 rings (SSSR count). The Morgan fingerprint density at radius 1 is 1.19 bits per heavy atom. The van der Waals surface area contributed by atoms with Gasteiger partial charge in [0.25, 0.3) is 0 Å². The summed E-state index contributed by atoms with van der Waals surface area (Å²) in [5.41, 5.74) is 2.29. The van der Waals surface area contributed by atoms with Crippen molar-refractivity contribution in [2.45, 2.75) is 33.2 Å². The third kappa shape index (κ3) is 4.73. The molecule has 1 aromatic heterocycles. The van der Waals surface area contributed by atoms with Gasteiger partial charge in [0, 0.05) is 18.8 Å². The van der Waals surface area contributed by atoms with E-state index in [9.17, 15) is 0 Å². The number of hydrogen-bond acceptors (Lipinski definition) is 3. The van der Waals surface area contributed by atoms with E-state index in [2.05, 4.69) is 36.3 Å². The average Bonchev–Trinajstić information content (AvgIpc) is 2.51. The molecule has 3 nitrogen and oxygen atoms in total. The zero-order chi connectivity index (χ0) is 15.1. The summed E-state index contributed by atoms with van der Waals surface area (Å²) >= 11 is 6.16. The first kappa shape index (κ1) is 15.8. The summed E-state index contributed by atoms with van der Waals surface area (Å²) in [6.07, 6.45) is 3.75. The van der Waals surface area contributed by atoms with E-state index in [1.807, 2.05) is 18.2 Å². The number of pyridine rings is 1. The quantitative estimate of drug-likeness (QED) is 0.760. The van der Waals surface area contributed by atoms with Crippen LogP contribution in [0.5, 0.6) is 11.6 Å². The number of hydrogen-bond donors (Lipinski definition) is 1. The van der Waals surface area contributed by atoms with Crippen molar-refractivity contribution in [1.29, 1.82) is 0 Å². The zero-order valence-corrected chi connectivity index (χ0v) is 13.3. The number of aromatic nitrogens is 1. The van der Waals surface area contributed by atoms with Gasteiger partial charge in [-0.1, -0.05) is 37.6 Å². The fourth-order valence-electron chi connectivity index (χ4n) is 1.96. The van der Waals surface area contributed by atoms with E-state index in [0.29, 0.717) is 10.9 Å². The van der Waals surface area contributed by atoms with E-state index in [1.54, 1.807) is 6.20 Å². The predicted octanol–water partition coefficient (Wildman–Crippen LogP) is 4.59. The van der Waals surface area contributed by atoms with E-state index >= 15 is 0 Å². The summed E-state index contributed by atoms with van der Waals surface area (Å²) in [5.74, 6) is 1.35. The van der Waals surface area contributed by atoms with Crippen LogP contribution in [0.2, 0.25) is 5.02 Å². The lowest BCUT2D eigenvalue weighted by Gasteiger charge is -2.09. The van der Waals surface area contributed by atoms with Crippen molar-refractivity contribution < 1.29 is 4.74 Å². The summed E-state index contributed by atoms with van der Waals surface area (Å²) in [4.78, 5) is 4.22. The second kappa shape index (κ2) is 8.01. The molecule has 4 heteroatoms. The minimum atomic E-state index is 0.567. The molecule has 1 N–H and O–H groups in total. The van der Waals surface area contributed by atoms with Crippen LogP contribution in [-0.4, -0.2) is 11.5 Å². The van der Waals surface area contributed by atoms with Crippen molar-refractivity contribution in [3.63, 3.8) is 0 Å². The number of benzene rings is 1. The number of aryl methyl sites for hydroxylation is 1. The second-order valence-corrected chi connectivity index (χ2v) is 5.30. The number of nitrogens with one attached hydrogen (secondary N) is 1. The molecule has 112 valence electrons. The maximum Gasteiger partial charge on any atom is 0.219 e. The molecule has 21 heavy (non-hydrogen) atoms. The van der Waals surface area contributed by atoms with Crippen LogP contribution in [0.1, 0.15) is 31.4 Å². The van der Waals surface area contributed by atoms with Gasteiger partial charge in [-0.3, -0.25) is 0 Å². The van der Waals surface area contributed by atoms with Crippen LogP contribution in [0.15, 0.2) is 36.5 Å². The molecule has 0 amide bonds. The van der Waals surface area contributed by atoms with Gasteiger partial charge in [0.05, 0.1) is 5.02 Å². The molecule has 0 atom stereocenters. The molecule has 0 aliphatic carbocycles. The minimum Gasteiger partial charge on any atom is -0.439 e. The first-order chi connectivity index (χ1) is 10.2. The van der Waals surface area contributed by atoms with Crippen LogP contribution >= 0.6 is 11.6 Å². The SMILES string of the molecule is CCCNCc1cc(Oc2ccc(CC)cc2)ncc1Cl. The first-order valence-corrected chi connectivity index (χ1v) is 7.72. The Morgan fingerprint density at radius 3 is 2.62 bits per heavy atom. The lowest BCUT2D eigenvalue weighted by atomic mass is 10.2. The van der Waals surface area contributed by atoms with Gasteiger partial charge in [-0.25, -0.2) is 4.98 Å². The molecule has 0 spiro atoms. The van der Waals surface area contributed by atoms with Crippen LogP contribution in [0.3, 0.4) is 0 Å². The standard InChI is InChI=1S/C17H21ClN2O/c1-3-9-19-11-14-10-17(20-12-16(14)18)21-15-7-5-13(4-2)6-8-15/h5-8,10,12,19H,3-4,9,11H2,1-2H3. The highest BCUT2D eigenvalue weighted by Crippen LogP contribution is 2.24. The summed E-state index contributed by atoms with van der Waals surface area (Å²) < 4.78 is 5.78. The van der Waals surface area contributed by atoms with Gasteiger partial charge >= 0.3 is 0 Å². The van der Waals surface area contributed by atoms with Crippen molar-refractivity contribution in [2.24, 2.45) is 0 Å². The third-order valence-electron chi connectivity index (χ3n) is 3.21. The Kier molecular flexibility index (Phi) is 6.03. The van der Waals surface area contributed by atoms with E-state index in [4.69, 9.17) is 16.3 Å². The summed E-state index contributed by atoms with van der Waals surface area (Å²) in [6.45, 7) is 5.95. The predicted molar refractivity (Wildman–Crippen MR) is 87.1 cm³/mol. The molecule has 0 aliphatic heterocycles. The smallest absolute Gasteiger partial charge is 0.219 e. The minimum absolute atomic E-state index is 0.567. The molecule has 1 heterocycles. The number of ether oxygens (including phenoxy) is 1. The Hall–Kier alpha value is -1.58. The molecular weight excluding hydrogens is 284 g/mol. The first-order valence-electron chi connectivity index (χ1n) is 7.34. The normalized spacial score (nSPS) is 10.6. The molecule has 2 aromatic rings. The summed E-state index contributed by atoms with van der Waals surface area (Å²) in [5, 5.41) is 3.99. The molecular formula is C17H21ClN2O. The van der Waals surface area contributed by atoms with Crippen molar-refractivity contribution in [1.82, 2.24) is 10.3 Å². The fraction of sp³-hybridized carbons (Fsp3) is 0.353. The van der Waals surface area contributed by atoms with Crippen LogP contribution < -0.4 is 10.1 Å². The molecule has 0 saturated heterocycles. The van der Waals surface area contributed by atoms with Gasteiger partial charge in [-0.2, -0.15) is 0 Å². The summed E-state index contributed by atoms with van der Waals surface area (Å²) in [6, 6.07) is 9.94. The lowest BCUT2D eigenvalue weighted by molar-refractivity contribution is 0.461. The molecule has 0 radical (unpaired) electrons. The Balaban J connectivity index is 2.06. The molecule has 0 saturated carbocycles. The average molecular weight is 305 g/mol. The maximum atomic E-state index is 6.16. The fourth-order valence-corrected chi connectivity index (χ4v) is 2.13. The Bertz CT molecular complexity index is 570. The third-order valence-corrected chi connectivity index (χ3v) is 3.55. The molecule has 0 unspecified atom stereocenters. The monoisotopic (exact) mass is 304 g/mol. The second-order valence-electron chi connectivity index (χ2n) is 4.89. The molecule has 0 fully saturated rings. The van der Waals surface area contributed by atoms with Gasteiger partial charge in [-0.05, 0) is 42.6 Å². The van der Waals surface area contributed by atoms with Crippen LogP contribution in [0, 0.1) is 0 Å². The van der Waals surface area contributed by atoms with Gasteiger partial charge in [0.2, 0.25) is 5.88 Å². The van der Waals surface area contributed by atoms with E-state index in [-0.39, 0.29) is 0 Å². The highest BCUT2D eigenvalue weighted by Gasteiger charge is 2.05.